The minimum absolute atomic E-state index is 0.328. The molecule has 0 N–H and O–H groups in total. The van der Waals surface area contributed by atoms with Crippen LogP contribution in [0.3, 0.4) is 0 Å². The zero-order valence-electron chi connectivity index (χ0n) is 14.9. The number of halogens is 2. The predicted molar refractivity (Wildman–Crippen MR) is 110 cm³/mol. The Morgan fingerprint density at radius 3 is 2.56 bits per heavy atom. The van der Waals surface area contributed by atoms with Crippen molar-refractivity contribution in [2.45, 2.75) is 48.4 Å². The van der Waals surface area contributed by atoms with Crippen LogP contribution in [-0.2, 0) is 0 Å². The van der Waals surface area contributed by atoms with E-state index in [0.717, 1.165) is 23.8 Å². The molecule has 0 unspecified atom stereocenters. The molecule has 2 aromatic rings. The largest absolute Gasteiger partial charge is 0.355 e. The molecule has 1 aliphatic carbocycles. The summed E-state index contributed by atoms with van der Waals surface area (Å²) < 4.78 is 0. The lowest BCUT2D eigenvalue weighted by Gasteiger charge is -2.39. The zero-order chi connectivity index (χ0) is 18.9. The van der Waals surface area contributed by atoms with E-state index in [9.17, 15) is 5.26 Å². The van der Waals surface area contributed by atoms with Gasteiger partial charge in [-0.3, -0.25) is 0 Å². The van der Waals surface area contributed by atoms with Gasteiger partial charge >= 0.3 is 0 Å². The van der Waals surface area contributed by atoms with Gasteiger partial charge in [0.1, 0.15) is 16.9 Å². The van der Waals surface area contributed by atoms with Crippen molar-refractivity contribution in [2.24, 2.45) is 5.41 Å². The topological polar surface area (TPSA) is 52.8 Å². The molecule has 7 heteroatoms. The summed E-state index contributed by atoms with van der Waals surface area (Å²) in [4.78, 5) is 12.1. The normalized spacial score (nSPS) is 18.6. The highest BCUT2D eigenvalue weighted by Gasteiger charge is 2.37. The van der Waals surface area contributed by atoms with Crippen molar-refractivity contribution >= 4 is 40.8 Å². The number of aromatic nitrogens is 2. The number of hydrogen-bond acceptors (Lipinski definition) is 5. The van der Waals surface area contributed by atoms with E-state index in [1.54, 1.807) is 12.3 Å². The quantitative estimate of drug-likeness (QED) is 0.614. The summed E-state index contributed by atoms with van der Waals surface area (Å²) >= 11 is 13.7. The van der Waals surface area contributed by atoms with Gasteiger partial charge in [-0.15, -0.1) is 0 Å². The number of nitrogens with zero attached hydrogens (tertiary/aromatic N) is 4. The molecule has 4 rings (SSSR count). The molecule has 1 spiro atoms. The van der Waals surface area contributed by atoms with Crippen LogP contribution in [0.15, 0.2) is 34.3 Å². The number of hydrogen-bond donors (Lipinski definition) is 0. The molecule has 1 saturated heterocycles. The Kier molecular flexibility index (Phi) is 5.50. The Bertz CT molecular complexity index is 880. The van der Waals surface area contributed by atoms with Crippen molar-refractivity contribution in [3.8, 4) is 6.07 Å². The first-order valence-corrected chi connectivity index (χ1v) is 10.8. The van der Waals surface area contributed by atoms with Gasteiger partial charge in [-0.2, -0.15) is 5.26 Å². The third-order valence-corrected chi connectivity index (χ3v) is 7.75. The highest BCUT2D eigenvalue weighted by molar-refractivity contribution is 7.99. The SMILES string of the molecule is N#Cc1nc(N2CCC3(CCCC3)CC2)cnc1Sc1cccc(Cl)c1Cl. The molecular weight excluding hydrogens is 399 g/mol. The molecule has 2 aliphatic rings. The molecule has 0 atom stereocenters. The van der Waals surface area contributed by atoms with E-state index >= 15 is 0 Å². The van der Waals surface area contributed by atoms with Gasteiger partial charge in [-0.1, -0.05) is 53.9 Å². The molecule has 0 radical (unpaired) electrons. The summed E-state index contributed by atoms with van der Waals surface area (Å²) in [6.45, 7) is 1.98. The fourth-order valence-corrected chi connectivity index (χ4v) is 5.49. The van der Waals surface area contributed by atoms with Gasteiger partial charge in [0, 0.05) is 18.0 Å². The Hall–Kier alpha value is -1.48. The van der Waals surface area contributed by atoms with Crippen LogP contribution in [0.1, 0.15) is 44.2 Å². The van der Waals surface area contributed by atoms with E-state index in [-0.39, 0.29) is 0 Å². The van der Waals surface area contributed by atoms with E-state index in [0.29, 0.717) is 26.2 Å². The fraction of sp³-hybridized carbons (Fsp3) is 0.450. The third kappa shape index (κ3) is 3.89. The second-order valence-electron chi connectivity index (χ2n) is 7.34. The summed E-state index contributed by atoms with van der Waals surface area (Å²) in [5.74, 6) is 0.793. The van der Waals surface area contributed by atoms with Gasteiger partial charge in [0.25, 0.3) is 0 Å². The van der Waals surface area contributed by atoms with Gasteiger partial charge in [-0.25, -0.2) is 9.97 Å². The minimum atomic E-state index is 0.328. The maximum Gasteiger partial charge on any atom is 0.175 e. The maximum absolute atomic E-state index is 9.57. The van der Waals surface area contributed by atoms with Crippen LogP contribution in [0, 0.1) is 16.7 Å². The van der Waals surface area contributed by atoms with Crippen LogP contribution in [0.4, 0.5) is 5.82 Å². The number of rotatable bonds is 3. The molecule has 0 bridgehead atoms. The van der Waals surface area contributed by atoms with Crippen molar-refractivity contribution in [1.29, 1.82) is 5.26 Å². The lowest BCUT2D eigenvalue weighted by molar-refractivity contribution is 0.226. The van der Waals surface area contributed by atoms with Crippen LogP contribution in [0.5, 0.6) is 0 Å². The number of nitriles is 1. The van der Waals surface area contributed by atoms with E-state index < -0.39 is 0 Å². The molecule has 2 heterocycles. The molecule has 0 amide bonds. The average Bonchev–Trinajstić information content (AvgIpc) is 3.14. The third-order valence-electron chi connectivity index (χ3n) is 5.77. The van der Waals surface area contributed by atoms with Gasteiger partial charge in [0.2, 0.25) is 0 Å². The maximum atomic E-state index is 9.57. The molecular formula is C20H20Cl2N4S. The first-order chi connectivity index (χ1) is 13.1. The summed E-state index contributed by atoms with van der Waals surface area (Å²) in [5, 5.41) is 11.1. The highest BCUT2D eigenvalue weighted by Crippen LogP contribution is 2.46. The number of benzene rings is 1. The lowest BCUT2D eigenvalue weighted by Crippen LogP contribution is -2.39. The Labute approximate surface area is 173 Å². The molecule has 27 heavy (non-hydrogen) atoms. The Balaban J connectivity index is 1.52. The number of piperidine rings is 1. The standard InChI is InChI=1S/C20H20Cl2N4S/c21-14-4-3-5-16(18(14)22)27-19-15(12-23)25-17(13-24-19)26-10-8-20(9-11-26)6-1-2-7-20/h3-5,13H,1-2,6-11H2. The van der Waals surface area contributed by atoms with Gasteiger partial charge in [-0.05, 0) is 43.2 Å². The molecule has 1 aromatic carbocycles. The Morgan fingerprint density at radius 2 is 1.85 bits per heavy atom. The van der Waals surface area contributed by atoms with Crippen LogP contribution >= 0.6 is 35.0 Å². The molecule has 4 nitrogen and oxygen atoms in total. The molecule has 1 aliphatic heterocycles. The summed E-state index contributed by atoms with van der Waals surface area (Å²) in [5.41, 5.74) is 0.885. The van der Waals surface area contributed by atoms with Crippen LogP contribution < -0.4 is 4.90 Å². The molecule has 140 valence electrons. The monoisotopic (exact) mass is 418 g/mol. The summed E-state index contributed by atoms with van der Waals surface area (Å²) in [7, 11) is 0. The van der Waals surface area contributed by atoms with Gasteiger partial charge in [0.05, 0.1) is 16.2 Å². The van der Waals surface area contributed by atoms with Crippen molar-refractivity contribution in [3.05, 3.63) is 40.1 Å². The zero-order valence-corrected chi connectivity index (χ0v) is 17.2. The van der Waals surface area contributed by atoms with Crippen molar-refractivity contribution in [1.82, 2.24) is 9.97 Å². The predicted octanol–water partition coefficient (Wildman–Crippen LogP) is 5.97. The molecule has 2 fully saturated rings. The van der Waals surface area contributed by atoms with Crippen molar-refractivity contribution in [3.63, 3.8) is 0 Å². The van der Waals surface area contributed by atoms with Gasteiger partial charge < -0.3 is 4.90 Å². The summed E-state index contributed by atoms with van der Waals surface area (Å²) in [6, 6.07) is 7.61. The first kappa shape index (κ1) is 18.9. The second-order valence-corrected chi connectivity index (χ2v) is 9.16. The summed E-state index contributed by atoms with van der Waals surface area (Å²) in [6.07, 6.45) is 9.68. The highest BCUT2D eigenvalue weighted by atomic mass is 35.5. The Morgan fingerprint density at radius 1 is 1.11 bits per heavy atom. The number of anilines is 1. The van der Waals surface area contributed by atoms with E-state index in [1.807, 2.05) is 12.1 Å². The molecule has 1 aromatic heterocycles. The molecule has 1 saturated carbocycles. The average molecular weight is 419 g/mol. The van der Waals surface area contributed by atoms with Crippen LogP contribution in [0.2, 0.25) is 10.0 Å². The van der Waals surface area contributed by atoms with Crippen molar-refractivity contribution in [2.75, 3.05) is 18.0 Å². The van der Waals surface area contributed by atoms with E-state index in [4.69, 9.17) is 23.2 Å². The lowest BCUT2D eigenvalue weighted by atomic mass is 9.77. The fourth-order valence-electron chi connectivity index (χ4n) is 4.17. The second kappa shape index (κ2) is 7.87. The van der Waals surface area contributed by atoms with Gasteiger partial charge in [0.15, 0.2) is 5.69 Å². The minimum Gasteiger partial charge on any atom is -0.355 e. The van der Waals surface area contributed by atoms with E-state index in [2.05, 4.69) is 20.9 Å². The van der Waals surface area contributed by atoms with E-state index in [1.165, 1.54) is 50.3 Å². The van der Waals surface area contributed by atoms with Crippen LogP contribution in [-0.4, -0.2) is 23.1 Å². The first-order valence-electron chi connectivity index (χ1n) is 9.24. The smallest absolute Gasteiger partial charge is 0.175 e. The van der Waals surface area contributed by atoms with Crippen LogP contribution in [0.25, 0.3) is 0 Å². The van der Waals surface area contributed by atoms with Crippen molar-refractivity contribution < 1.29 is 0 Å².